The van der Waals surface area contributed by atoms with E-state index in [4.69, 9.17) is 0 Å². The van der Waals surface area contributed by atoms with Gasteiger partial charge in [-0.15, -0.1) is 11.3 Å². The summed E-state index contributed by atoms with van der Waals surface area (Å²) < 4.78 is 1.06. The topological polar surface area (TPSA) is 66.3 Å². The molecule has 20 heavy (non-hydrogen) atoms. The Morgan fingerprint density at radius 3 is 3.00 bits per heavy atom. The molecular weight excluding hydrogens is 274 g/mol. The van der Waals surface area contributed by atoms with E-state index in [0.717, 1.165) is 34.6 Å². The summed E-state index contributed by atoms with van der Waals surface area (Å²) in [5, 5.41) is 11.4. The van der Waals surface area contributed by atoms with E-state index in [1.165, 1.54) is 0 Å². The third kappa shape index (κ3) is 2.24. The van der Waals surface area contributed by atoms with Crippen molar-refractivity contribution in [3.05, 3.63) is 17.3 Å². The first-order chi connectivity index (χ1) is 9.56. The fourth-order valence-electron chi connectivity index (χ4n) is 2.89. The lowest BCUT2D eigenvalue weighted by Crippen LogP contribution is -2.43. The molecule has 0 bridgehead atoms. The number of carboxylic acid groups (broad SMARTS) is 1. The first kappa shape index (κ1) is 13.3. The minimum absolute atomic E-state index is 0.315. The van der Waals surface area contributed by atoms with Gasteiger partial charge in [0, 0.05) is 13.1 Å². The van der Waals surface area contributed by atoms with Crippen LogP contribution in [0.25, 0.3) is 10.2 Å². The Morgan fingerprint density at radius 2 is 2.25 bits per heavy atom. The van der Waals surface area contributed by atoms with Crippen molar-refractivity contribution >= 4 is 33.3 Å². The second kappa shape index (κ2) is 5.01. The average Bonchev–Trinajstić information content (AvgIpc) is 2.80. The molecule has 0 aromatic carbocycles. The summed E-state index contributed by atoms with van der Waals surface area (Å²) in [7, 11) is 0. The van der Waals surface area contributed by atoms with Crippen molar-refractivity contribution in [3.63, 3.8) is 0 Å². The van der Waals surface area contributed by atoms with E-state index in [-0.39, 0.29) is 5.92 Å². The van der Waals surface area contributed by atoms with Crippen molar-refractivity contribution in [1.82, 2.24) is 9.97 Å². The lowest BCUT2D eigenvalue weighted by atomic mass is 9.90. The van der Waals surface area contributed by atoms with Gasteiger partial charge in [0.1, 0.15) is 12.1 Å². The Hall–Kier alpha value is -1.69. The molecule has 3 heterocycles. The number of thiophene rings is 1. The first-order valence-electron chi connectivity index (χ1n) is 6.72. The zero-order chi connectivity index (χ0) is 14.3. The summed E-state index contributed by atoms with van der Waals surface area (Å²) in [6.07, 6.45) is 2.32. The lowest BCUT2D eigenvalue weighted by Gasteiger charge is -2.35. The smallest absolute Gasteiger partial charge is 0.308 e. The van der Waals surface area contributed by atoms with Gasteiger partial charge in [0.2, 0.25) is 0 Å². The molecule has 1 aliphatic rings. The molecular formula is C14H17N3O2S. The minimum atomic E-state index is -0.714. The molecule has 0 amide bonds. The van der Waals surface area contributed by atoms with E-state index in [9.17, 15) is 9.90 Å². The first-order valence-corrected chi connectivity index (χ1v) is 7.60. The predicted molar refractivity (Wildman–Crippen MR) is 79.3 cm³/mol. The quantitative estimate of drug-likeness (QED) is 0.921. The number of aliphatic carboxylic acids is 1. The zero-order valence-corrected chi connectivity index (χ0v) is 12.4. The Kier molecular flexibility index (Phi) is 3.33. The van der Waals surface area contributed by atoms with Crippen molar-refractivity contribution in [2.45, 2.75) is 20.3 Å². The molecule has 0 saturated carbocycles. The molecule has 2 aromatic rings. The Bertz CT molecular complexity index is 655. The standard InChI is InChI=1S/C14H17N3O2S/c1-8-3-10(14(18)19)5-17(4-8)13-12-11(15-7-16-13)9(2)6-20-12/h6-8,10H,3-5H2,1-2H3,(H,18,19). The molecule has 1 N–H and O–H groups in total. The molecule has 0 aliphatic carbocycles. The number of anilines is 1. The second-order valence-electron chi connectivity index (χ2n) is 5.57. The highest BCUT2D eigenvalue weighted by Gasteiger charge is 2.31. The van der Waals surface area contributed by atoms with Gasteiger partial charge in [0.25, 0.3) is 0 Å². The summed E-state index contributed by atoms with van der Waals surface area (Å²) in [5.74, 6) is 0.209. The summed E-state index contributed by atoms with van der Waals surface area (Å²) in [6.45, 7) is 5.52. The van der Waals surface area contributed by atoms with E-state index in [2.05, 4.69) is 27.2 Å². The van der Waals surface area contributed by atoms with Gasteiger partial charge < -0.3 is 10.0 Å². The summed E-state index contributed by atoms with van der Waals surface area (Å²) in [5.41, 5.74) is 2.12. The molecule has 106 valence electrons. The van der Waals surface area contributed by atoms with Gasteiger partial charge in [0.05, 0.1) is 16.1 Å². The highest BCUT2D eigenvalue weighted by Crippen LogP contribution is 2.34. The Labute approximate surface area is 121 Å². The maximum Gasteiger partial charge on any atom is 0.308 e. The fourth-order valence-corrected chi connectivity index (χ4v) is 3.90. The maximum absolute atomic E-state index is 11.3. The van der Waals surface area contributed by atoms with Crippen LogP contribution >= 0.6 is 11.3 Å². The molecule has 6 heteroatoms. The number of hydrogen-bond donors (Lipinski definition) is 1. The molecule has 3 rings (SSSR count). The average molecular weight is 291 g/mol. The molecule has 1 aliphatic heterocycles. The van der Waals surface area contributed by atoms with Crippen LogP contribution in [0.1, 0.15) is 18.9 Å². The van der Waals surface area contributed by atoms with Crippen LogP contribution in [0.15, 0.2) is 11.7 Å². The monoisotopic (exact) mass is 291 g/mol. The summed E-state index contributed by atoms with van der Waals surface area (Å²) >= 11 is 1.63. The van der Waals surface area contributed by atoms with E-state index in [1.807, 2.05) is 6.92 Å². The van der Waals surface area contributed by atoms with E-state index < -0.39 is 5.97 Å². The van der Waals surface area contributed by atoms with Crippen molar-refractivity contribution < 1.29 is 9.90 Å². The molecule has 2 aromatic heterocycles. The number of hydrogen-bond acceptors (Lipinski definition) is 5. The van der Waals surface area contributed by atoms with Gasteiger partial charge in [-0.3, -0.25) is 4.79 Å². The molecule has 1 fully saturated rings. The van der Waals surface area contributed by atoms with Crippen LogP contribution in [0.2, 0.25) is 0 Å². The maximum atomic E-state index is 11.3. The summed E-state index contributed by atoms with van der Waals surface area (Å²) in [6, 6.07) is 0. The van der Waals surface area contributed by atoms with E-state index in [1.54, 1.807) is 17.7 Å². The van der Waals surface area contributed by atoms with Gasteiger partial charge >= 0.3 is 5.97 Å². The van der Waals surface area contributed by atoms with Crippen molar-refractivity contribution in [2.75, 3.05) is 18.0 Å². The van der Waals surface area contributed by atoms with Crippen molar-refractivity contribution in [3.8, 4) is 0 Å². The number of fused-ring (bicyclic) bond motifs is 1. The van der Waals surface area contributed by atoms with Gasteiger partial charge in [0.15, 0.2) is 0 Å². The highest BCUT2D eigenvalue weighted by atomic mass is 32.1. The molecule has 2 atom stereocenters. The van der Waals surface area contributed by atoms with Crippen LogP contribution in [-0.2, 0) is 4.79 Å². The number of aryl methyl sites for hydroxylation is 1. The molecule has 0 spiro atoms. The lowest BCUT2D eigenvalue weighted by molar-refractivity contribution is -0.142. The number of aromatic nitrogens is 2. The van der Waals surface area contributed by atoms with Crippen LogP contribution in [0, 0.1) is 18.8 Å². The highest BCUT2D eigenvalue weighted by molar-refractivity contribution is 7.18. The Balaban J connectivity index is 1.99. The van der Waals surface area contributed by atoms with Crippen LogP contribution < -0.4 is 4.90 Å². The van der Waals surface area contributed by atoms with E-state index in [0.29, 0.717) is 12.5 Å². The third-order valence-electron chi connectivity index (χ3n) is 3.82. The fraction of sp³-hybridized carbons (Fsp3) is 0.500. The van der Waals surface area contributed by atoms with Crippen LogP contribution in [0.3, 0.4) is 0 Å². The van der Waals surface area contributed by atoms with Gasteiger partial charge in [-0.05, 0) is 30.2 Å². The van der Waals surface area contributed by atoms with Crippen molar-refractivity contribution in [2.24, 2.45) is 11.8 Å². The normalized spacial score (nSPS) is 23.2. The molecule has 1 saturated heterocycles. The largest absolute Gasteiger partial charge is 0.481 e. The molecule has 2 unspecified atom stereocenters. The Morgan fingerprint density at radius 1 is 1.45 bits per heavy atom. The number of carbonyl (C=O) groups is 1. The minimum Gasteiger partial charge on any atom is -0.481 e. The van der Waals surface area contributed by atoms with Crippen LogP contribution in [-0.4, -0.2) is 34.1 Å². The van der Waals surface area contributed by atoms with Crippen molar-refractivity contribution in [1.29, 1.82) is 0 Å². The summed E-state index contributed by atoms with van der Waals surface area (Å²) in [4.78, 5) is 22.1. The number of carboxylic acids is 1. The number of nitrogens with zero attached hydrogens (tertiary/aromatic N) is 3. The third-order valence-corrected chi connectivity index (χ3v) is 4.90. The van der Waals surface area contributed by atoms with Crippen LogP contribution in [0.5, 0.6) is 0 Å². The van der Waals surface area contributed by atoms with Gasteiger partial charge in [-0.1, -0.05) is 6.92 Å². The SMILES string of the molecule is Cc1csc2c(N3CC(C)CC(C(=O)O)C3)ncnc12. The van der Waals surface area contributed by atoms with Gasteiger partial charge in [-0.25, -0.2) is 9.97 Å². The number of rotatable bonds is 2. The molecule has 5 nitrogen and oxygen atoms in total. The second-order valence-corrected chi connectivity index (χ2v) is 6.45. The zero-order valence-electron chi connectivity index (χ0n) is 11.5. The number of piperidine rings is 1. The van der Waals surface area contributed by atoms with Crippen LogP contribution in [0.4, 0.5) is 5.82 Å². The molecule has 0 radical (unpaired) electrons. The van der Waals surface area contributed by atoms with E-state index >= 15 is 0 Å². The predicted octanol–water partition coefficient (Wildman–Crippen LogP) is 2.55. The van der Waals surface area contributed by atoms with Gasteiger partial charge in [-0.2, -0.15) is 0 Å².